The van der Waals surface area contributed by atoms with E-state index >= 15 is 0 Å². The number of likely N-dealkylation sites (N-methyl/N-ethyl adjacent to an activating group) is 1. The summed E-state index contributed by atoms with van der Waals surface area (Å²) in [4.78, 5) is 40.3. The van der Waals surface area contributed by atoms with Gasteiger partial charge in [-0.15, -0.1) is 0 Å². The second kappa shape index (κ2) is 9.65. The molecule has 12 heteroatoms. The number of hydrogen-bond donors (Lipinski definition) is 0. The van der Waals surface area contributed by atoms with E-state index in [4.69, 9.17) is 9.15 Å². The molecule has 0 bridgehead atoms. The number of carbonyl (C=O) groups is 2. The fourth-order valence-corrected chi connectivity index (χ4v) is 5.63. The molecular weight excluding hydrogens is 452 g/mol. The molecule has 11 nitrogen and oxygen atoms in total. The molecule has 2 aromatic rings. The standard InChI is InChI=1S/C21H28N4O7S/c1-22(15-20(27)23-10-12-31-13-11-23)19(26)6-9-25-17-5-4-16(14-18(17)32-21(25)28)33(29,30)24-7-2-3-8-24/h4-5,14H,2-3,6-13,15H2,1H3. The monoisotopic (exact) mass is 480 g/mol. The van der Waals surface area contributed by atoms with Crippen molar-refractivity contribution in [1.29, 1.82) is 0 Å². The first-order valence-electron chi connectivity index (χ1n) is 11.0. The van der Waals surface area contributed by atoms with Crippen molar-refractivity contribution in [3.05, 3.63) is 28.7 Å². The highest BCUT2D eigenvalue weighted by atomic mass is 32.2. The van der Waals surface area contributed by atoms with Gasteiger partial charge >= 0.3 is 5.76 Å². The van der Waals surface area contributed by atoms with E-state index < -0.39 is 15.8 Å². The summed E-state index contributed by atoms with van der Waals surface area (Å²) in [6, 6.07) is 4.34. The molecule has 0 unspecified atom stereocenters. The number of carbonyl (C=O) groups excluding carboxylic acids is 2. The predicted molar refractivity (Wildman–Crippen MR) is 118 cm³/mol. The molecule has 180 valence electrons. The van der Waals surface area contributed by atoms with Gasteiger partial charge in [0.1, 0.15) is 0 Å². The van der Waals surface area contributed by atoms with E-state index in [1.165, 1.54) is 32.0 Å². The average molecular weight is 481 g/mol. The van der Waals surface area contributed by atoms with E-state index in [-0.39, 0.29) is 41.8 Å². The van der Waals surface area contributed by atoms with Crippen LogP contribution in [0.2, 0.25) is 0 Å². The maximum absolute atomic E-state index is 12.8. The van der Waals surface area contributed by atoms with Crippen LogP contribution in [0.1, 0.15) is 19.3 Å². The molecule has 4 rings (SSSR count). The van der Waals surface area contributed by atoms with Crippen molar-refractivity contribution in [2.45, 2.75) is 30.7 Å². The summed E-state index contributed by atoms with van der Waals surface area (Å²) >= 11 is 0. The highest BCUT2D eigenvalue weighted by molar-refractivity contribution is 7.89. The van der Waals surface area contributed by atoms with Crippen LogP contribution in [0.4, 0.5) is 0 Å². The number of ether oxygens (including phenoxy) is 1. The van der Waals surface area contributed by atoms with Gasteiger partial charge < -0.3 is 19.0 Å². The van der Waals surface area contributed by atoms with E-state index in [1.807, 2.05) is 0 Å². The second-order valence-corrected chi connectivity index (χ2v) is 10.2. The van der Waals surface area contributed by atoms with Gasteiger partial charge in [0.15, 0.2) is 5.58 Å². The Labute approximate surface area is 191 Å². The first kappa shape index (κ1) is 23.5. The summed E-state index contributed by atoms with van der Waals surface area (Å²) in [5, 5.41) is 0. The third-order valence-electron chi connectivity index (χ3n) is 6.05. The van der Waals surface area contributed by atoms with Gasteiger partial charge in [0.25, 0.3) is 0 Å². The maximum atomic E-state index is 12.8. The van der Waals surface area contributed by atoms with Crippen molar-refractivity contribution in [1.82, 2.24) is 18.7 Å². The number of hydrogen-bond acceptors (Lipinski definition) is 7. The lowest BCUT2D eigenvalue weighted by Crippen LogP contribution is -2.46. The molecule has 0 atom stereocenters. The molecule has 2 amide bonds. The molecule has 0 spiro atoms. The number of aryl methyl sites for hydroxylation is 1. The Morgan fingerprint density at radius 2 is 1.79 bits per heavy atom. The molecule has 0 aliphatic carbocycles. The maximum Gasteiger partial charge on any atom is 0.419 e. The predicted octanol–water partition coefficient (Wildman–Crippen LogP) is 0.0863. The number of rotatable bonds is 7. The minimum Gasteiger partial charge on any atom is -0.408 e. The lowest BCUT2D eigenvalue weighted by molar-refractivity contribution is -0.142. The van der Waals surface area contributed by atoms with Gasteiger partial charge in [0.2, 0.25) is 21.8 Å². The summed E-state index contributed by atoms with van der Waals surface area (Å²) < 4.78 is 38.8. The minimum absolute atomic E-state index is 0.00470. The summed E-state index contributed by atoms with van der Waals surface area (Å²) in [7, 11) is -2.09. The van der Waals surface area contributed by atoms with Gasteiger partial charge in [-0.2, -0.15) is 4.31 Å². The Balaban J connectivity index is 1.42. The molecule has 0 N–H and O–H groups in total. The topological polar surface area (TPSA) is 122 Å². The molecule has 3 heterocycles. The van der Waals surface area contributed by atoms with Crippen molar-refractivity contribution in [3.8, 4) is 0 Å². The van der Waals surface area contributed by atoms with Crippen molar-refractivity contribution in [2.24, 2.45) is 0 Å². The average Bonchev–Trinajstić information content (AvgIpc) is 3.45. The summed E-state index contributed by atoms with van der Waals surface area (Å²) in [6.45, 7) is 2.96. The Bertz CT molecular complexity index is 1190. The van der Waals surface area contributed by atoms with Crippen LogP contribution in [0.25, 0.3) is 11.1 Å². The molecule has 1 aromatic carbocycles. The van der Waals surface area contributed by atoms with Crippen molar-refractivity contribution >= 4 is 32.9 Å². The van der Waals surface area contributed by atoms with Crippen LogP contribution in [-0.4, -0.2) is 91.9 Å². The van der Waals surface area contributed by atoms with Gasteiger partial charge in [-0.1, -0.05) is 0 Å². The van der Waals surface area contributed by atoms with Crippen LogP contribution in [0, 0.1) is 0 Å². The number of morpholine rings is 1. The van der Waals surface area contributed by atoms with Gasteiger partial charge in [-0.05, 0) is 25.0 Å². The third kappa shape index (κ3) is 4.97. The molecule has 2 aliphatic rings. The quantitative estimate of drug-likeness (QED) is 0.550. The number of oxazole rings is 1. The first-order valence-corrected chi connectivity index (χ1v) is 12.4. The van der Waals surface area contributed by atoms with E-state index in [0.29, 0.717) is 44.9 Å². The highest BCUT2D eigenvalue weighted by Crippen LogP contribution is 2.24. The molecule has 2 fully saturated rings. The Morgan fingerprint density at radius 3 is 2.48 bits per heavy atom. The van der Waals surface area contributed by atoms with Gasteiger partial charge in [-0.3, -0.25) is 14.2 Å². The molecule has 2 aliphatic heterocycles. The number of aromatic nitrogens is 1. The summed E-state index contributed by atoms with van der Waals surface area (Å²) in [5.41, 5.74) is 0.573. The molecule has 1 aromatic heterocycles. The van der Waals surface area contributed by atoms with Crippen molar-refractivity contribution in [3.63, 3.8) is 0 Å². The van der Waals surface area contributed by atoms with Gasteiger partial charge in [-0.25, -0.2) is 13.2 Å². The Kier molecular flexibility index (Phi) is 6.86. The van der Waals surface area contributed by atoms with Crippen LogP contribution >= 0.6 is 0 Å². The largest absolute Gasteiger partial charge is 0.419 e. The van der Waals surface area contributed by atoms with Crippen LogP contribution in [0.3, 0.4) is 0 Å². The van der Waals surface area contributed by atoms with Gasteiger partial charge in [0, 0.05) is 52.3 Å². The number of fused-ring (bicyclic) bond motifs is 1. The van der Waals surface area contributed by atoms with Crippen LogP contribution < -0.4 is 5.76 Å². The smallest absolute Gasteiger partial charge is 0.408 e. The van der Waals surface area contributed by atoms with Crippen LogP contribution in [0.5, 0.6) is 0 Å². The second-order valence-electron chi connectivity index (χ2n) is 8.25. The van der Waals surface area contributed by atoms with E-state index in [1.54, 1.807) is 11.9 Å². The SMILES string of the molecule is CN(CC(=O)N1CCOCC1)C(=O)CCn1c(=O)oc2cc(S(=O)(=O)N3CCCC3)ccc21. The van der Waals surface area contributed by atoms with Crippen LogP contribution in [-0.2, 0) is 30.9 Å². The summed E-state index contributed by atoms with van der Waals surface area (Å²) in [5.74, 6) is -1.10. The molecule has 0 radical (unpaired) electrons. The zero-order valence-electron chi connectivity index (χ0n) is 18.6. The van der Waals surface area contributed by atoms with E-state index in [2.05, 4.69) is 0 Å². The number of benzene rings is 1. The number of nitrogens with zero attached hydrogens (tertiary/aromatic N) is 4. The lowest BCUT2D eigenvalue weighted by Gasteiger charge is -2.28. The van der Waals surface area contributed by atoms with E-state index in [0.717, 1.165) is 12.8 Å². The van der Waals surface area contributed by atoms with Gasteiger partial charge in [0.05, 0.1) is 30.2 Å². The Hall–Kier alpha value is -2.70. The highest BCUT2D eigenvalue weighted by Gasteiger charge is 2.28. The molecule has 33 heavy (non-hydrogen) atoms. The Morgan fingerprint density at radius 1 is 1.09 bits per heavy atom. The summed E-state index contributed by atoms with van der Waals surface area (Å²) in [6.07, 6.45) is 1.65. The van der Waals surface area contributed by atoms with E-state index in [9.17, 15) is 22.8 Å². The van der Waals surface area contributed by atoms with Crippen molar-refractivity contribution < 1.29 is 27.2 Å². The van der Waals surface area contributed by atoms with Crippen molar-refractivity contribution in [2.75, 3.05) is 53.0 Å². The normalized spacial score (nSPS) is 17.5. The van der Waals surface area contributed by atoms with Crippen LogP contribution in [0.15, 0.2) is 32.3 Å². The molecule has 0 saturated carbocycles. The number of sulfonamides is 1. The molecular formula is C21H28N4O7S. The third-order valence-corrected chi connectivity index (χ3v) is 7.95. The number of amides is 2. The zero-order chi connectivity index (χ0) is 23.6. The first-order chi connectivity index (χ1) is 15.8. The fourth-order valence-electron chi connectivity index (χ4n) is 4.10. The minimum atomic E-state index is -3.63. The molecule has 2 saturated heterocycles. The lowest BCUT2D eigenvalue weighted by atomic mass is 10.3. The fraction of sp³-hybridized carbons (Fsp3) is 0.571. The zero-order valence-corrected chi connectivity index (χ0v) is 19.4.